The van der Waals surface area contributed by atoms with Crippen LogP contribution in [0.25, 0.3) is 10.8 Å². The van der Waals surface area contributed by atoms with E-state index in [1.807, 2.05) is 37.3 Å². The first-order valence-electron chi connectivity index (χ1n) is 10.3. The molecule has 0 saturated carbocycles. The molecule has 1 heterocycles. The molecule has 4 rings (SSSR count). The Hall–Kier alpha value is -2.70. The van der Waals surface area contributed by atoms with Gasteiger partial charge in [0.2, 0.25) is 15.9 Å². The van der Waals surface area contributed by atoms with Crippen LogP contribution in [0.2, 0.25) is 0 Å². The minimum atomic E-state index is -3.57. The summed E-state index contributed by atoms with van der Waals surface area (Å²) in [6.07, 6.45) is 1.15. The number of carbonyl (C=O) groups is 1. The van der Waals surface area contributed by atoms with Crippen molar-refractivity contribution in [2.45, 2.75) is 24.7 Å². The molecule has 3 aromatic rings. The van der Waals surface area contributed by atoms with Crippen LogP contribution < -0.4 is 0 Å². The summed E-state index contributed by atoms with van der Waals surface area (Å²) in [5, 5.41) is 1.92. The van der Waals surface area contributed by atoms with Crippen molar-refractivity contribution in [3.63, 3.8) is 0 Å². The molecule has 0 spiro atoms. The van der Waals surface area contributed by atoms with E-state index in [9.17, 15) is 13.2 Å². The fourth-order valence-corrected chi connectivity index (χ4v) is 5.28. The summed E-state index contributed by atoms with van der Waals surface area (Å²) >= 11 is 0. The van der Waals surface area contributed by atoms with Crippen molar-refractivity contribution in [1.82, 2.24) is 9.21 Å². The van der Waals surface area contributed by atoms with Gasteiger partial charge in [-0.2, -0.15) is 4.31 Å². The van der Waals surface area contributed by atoms with Crippen molar-refractivity contribution in [1.29, 1.82) is 0 Å². The van der Waals surface area contributed by atoms with E-state index in [1.165, 1.54) is 9.87 Å². The maximum absolute atomic E-state index is 13.1. The summed E-state index contributed by atoms with van der Waals surface area (Å²) in [5.41, 5.74) is 2.35. The molecule has 1 fully saturated rings. The number of hydrogen-bond acceptors (Lipinski definition) is 3. The van der Waals surface area contributed by atoms with Gasteiger partial charge in [-0.1, -0.05) is 60.2 Å². The van der Waals surface area contributed by atoms with Crippen LogP contribution in [-0.4, -0.2) is 49.7 Å². The van der Waals surface area contributed by atoms with Crippen LogP contribution >= 0.6 is 0 Å². The van der Waals surface area contributed by atoms with Gasteiger partial charge in [0.25, 0.3) is 0 Å². The normalized spacial score (nSPS) is 15.4. The number of hydrogen-bond donors (Lipinski definition) is 0. The summed E-state index contributed by atoms with van der Waals surface area (Å²) < 4.78 is 27.6. The molecule has 1 aliphatic rings. The number of amides is 1. The predicted octanol–water partition coefficient (Wildman–Crippen LogP) is 3.61. The third-order valence-corrected chi connectivity index (χ3v) is 7.59. The Labute approximate surface area is 178 Å². The second-order valence-electron chi connectivity index (χ2n) is 7.78. The Morgan fingerprint density at radius 3 is 2.23 bits per heavy atom. The molecular formula is C24H26N2O3S. The Morgan fingerprint density at radius 2 is 1.53 bits per heavy atom. The number of fused-ring (bicyclic) bond motifs is 1. The van der Waals surface area contributed by atoms with Crippen molar-refractivity contribution in [3.8, 4) is 0 Å². The van der Waals surface area contributed by atoms with Gasteiger partial charge in [-0.05, 0) is 41.8 Å². The average molecular weight is 423 g/mol. The van der Waals surface area contributed by atoms with Gasteiger partial charge in [-0.3, -0.25) is 4.79 Å². The first-order chi connectivity index (χ1) is 14.4. The third kappa shape index (κ3) is 4.40. The fraction of sp³-hybridized carbons (Fsp3) is 0.292. The second-order valence-corrected chi connectivity index (χ2v) is 9.72. The lowest BCUT2D eigenvalue weighted by atomic mass is 10.1. The number of nitrogens with zero attached hydrogens (tertiary/aromatic N) is 2. The topological polar surface area (TPSA) is 57.7 Å². The maximum Gasteiger partial charge on any atom is 0.243 e. The van der Waals surface area contributed by atoms with Crippen molar-refractivity contribution >= 4 is 26.7 Å². The monoisotopic (exact) mass is 422 g/mol. The lowest BCUT2D eigenvalue weighted by Gasteiger charge is -2.34. The Balaban J connectivity index is 1.36. The molecule has 0 aliphatic carbocycles. The molecule has 1 aliphatic heterocycles. The van der Waals surface area contributed by atoms with Crippen LogP contribution in [0.3, 0.4) is 0 Å². The zero-order chi connectivity index (χ0) is 21.1. The van der Waals surface area contributed by atoms with Crippen LogP contribution in [0.5, 0.6) is 0 Å². The fourth-order valence-electron chi connectivity index (χ4n) is 3.82. The van der Waals surface area contributed by atoms with Gasteiger partial charge in [0, 0.05) is 32.6 Å². The van der Waals surface area contributed by atoms with E-state index in [4.69, 9.17) is 0 Å². The number of sulfonamides is 1. The van der Waals surface area contributed by atoms with E-state index < -0.39 is 10.0 Å². The van der Waals surface area contributed by atoms with E-state index >= 15 is 0 Å². The number of benzene rings is 3. The molecule has 5 nitrogen and oxygen atoms in total. The second kappa shape index (κ2) is 8.58. The van der Waals surface area contributed by atoms with Gasteiger partial charge in [-0.15, -0.1) is 0 Å². The summed E-state index contributed by atoms with van der Waals surface area (Å²) in [6.45, 7) is 3.55. The van der Waals surface area contributed by atoms with Gasteiger partial charge in [-0.25, -0.2) is 8.42 Å². The highest BCUT2D eigenvalue weighted by molar-refractivity contribution is 7.89. The van der Waals surface area contributed by atoms with Crippen molar-refractivity contribution < 1.29 is 13.2 Å². The standard InChI is InChI=1S/C24H26N2O3S/c1-19-6-8-20(9-7-19)10-13-24(27)25-14-16-26(17-15-25)30(28,29)23-12-11-21-4-2-3-5-22(21)18-23/h2-9,11-12,18H,10,13-17H2,1H3. The lowest BCUT2D eigenvalue weighted by molar-refractivity contribution is -0.132. The van der Waals surface area contributed by atoms with Crippen LogP contribution in [0.1, 0.15) is 17.5 Å². The summed E-state index contributed by atoms with van der Waals surface area (Å²) in [6, 6.07) is 21.2. The van der Waals surface area contributed by atoms with E-state index in [0.717, 1.165) is 16.3 Å². The summed E-state index contributed by atoms with van der Waals surface area (Å²) in [4.78, 5) is 14.7. The molecule has 1 saturated heterocycles. The molecule has 0 bridgehead atoms. The minimum Gasteiger partial charge on any atom is -0.340 e. The SMILES string of the molecule is Cc1ccc(CCC(=O)N2CCN(S(=O)(=O)c3ccc4ccccc4c3)CC2)cc1. The quantitative estimate of drug-likeness (QED) is 0.631. The van der Waals surface area contributed by atoms with Crippen molar-refractivity contribution in [2.24, 2.45) is 0 Å². The molecule has 0 unspecified atom stereocenters. The smallest absolute Gasteiger partial charge is 0.243 e. The van der Waals surface area contributed by atoms with Gasteiger partial charge in [0.15, 0.2) is 0 Å². The van der Waals surface area contributed by atoms with E-state index in [-0.39, 0.29) is 5.91 Å². The average Bonchev–Trinajstić information content (AvgIpc) is 2.78. The van der Waals surface area contributed by atoms with Gasteiger partial charge < -0.3 is 4.90 Å². The van der Waals surface area contributed by atoms with Crippen LogP contribution in [-0.2, 0) is 21.2 Å². The van der Waals surface area contributed by atoms with Crippen LogP contribution in [0.4, 0.5) is 0 Å². The van der Waals surface area contributed by atoms with Crippen LogP contribution in [0, 0.1) is 6.92 Å². The molecule has 1 amide bonds. The minimum absolute atomic E-state index is 0.0818. The molecule has 0 radical (unpaired) electrons. The van der Waals surface area contributed by atoms with Crippen molar-refractivity contribution in [3.05, 3.63) is 77.9 Å². The zero-order valence-corrected chi connectivity index (χ0v) is 17.9. The first kappa shape index (κ1) is 20.6. The maximum atomic E-state index is 13.1. The molecule has 0 aromatic heterocycles. The Kier molecular flexibility index (Phi) is 5.88. The molecule has 30 heavy (non-hydrogen) atoms. The number of piperazine rings is 1. The highest BCUT2D eigenvalue weighted by Crippen LogP contribution is 2.23. The molecule has 6 heteroatoms. The Morgan fingerprint density at radius 1 is 0.867 bits per heavy atom. The van der Waals surface area contributed by atoms with E-state index in [2.05, 4.69) is 24.3 Å². The highest BCUT2D eigenvalue weighted by Gasteiger charge is 2.30. The molecule has 0 atom stereocenters. The van der Waals surface area contributed by atoms with E-state index in [1.54, 1.807) is 17.0 Å². The summed E-state index contributed by atoms with van der Waals surface area (Å²) in [5.74, 6) is 0.0818. The van der Waals surface area contributed by atoms with E-state index in [0.29, 0.717) is 43.9 Å². The first-order valence-corrected chi connectivity index (χ1v) is 11.7. The highest BCUT2D eigenvalue weighted by atomic mass is 32.2. The number of rotatable bonds is 5. The molecule has 0 N–H and O–H groups in total. The largest absolute Gasteiger partial charge is 0.340 e. The van der Waals surface area contributed by atoms with Gasteiger partial charge >= 0.3 is 0 Å². The van der Waals surface area contributed by atoms with Gasteiger partial charge in [0.1, 0.15) is 0 Å². The lowest BCUT2D eigenvalue weighted by Crippen LogP contribution is -2.50. The predicted molar refractivity (Wildman–Crippen MR) is 119 cm³/mol. The third-order valence-electron chi connectivity index (χ3n) is 5.70. The van der Waals surface area contributed by atoms with Crippen molar-refractivity contribution in [2.75, 3.05) is 26.2 Å². The molecule has 156 valence electrons. The Bertz CT molecular complexity index is 1150. The molecule has 3 aromatic carbocycles. The van der Waals surface area contributed by atoms with Crippen LogP contribution in [0.15, 0.2) is 71.6 Å². The zero-order valence-electron chi connectivity index (χ0n) is 17.1. The summed E-state index contributed by atoms with van der Waals surface area (Å²) in [7, 11) is -3.57. The van der Waals surface area contributed by atoms with Gasteiger partial charge in [0.05, 0.1) is 4.90 Å². The molecular weight excluding hydrogens is 396 g/mol. The number of carbonyl (C=O) groups excluding carboxylic acids is 1. The number of aryl methyl sites for hydroxylation is 2.